The van der Waals surface area contributed by atoms with Gasteiger partial charge in [0.25, 0.3) is 5.78 Å². The third-order valence-electron chi connectivity index (χ3n) is 6.03. The topological polar surface area (TPSA) is 114 Å². The summed E-state index contributed by atoms with van der Waals surface area (Å²) in [4.78, 5) is 49.0. The Morgan fingerprint density at radius 3 is 2.42 bits per heavy atom. The Morgan fingerprint density at radius 2 is 1.74 bits per heavy atom. The summed E-state index contributed by atoms with van der Waals surface area (Å²) in [6.45, 7) is 1.40. The molecule has 2 aliphatic carbocycles. The lowest BCUT2D eigenvalue weighted by Crippen LogP contribution is -2.37. The molecule has 0 radical (unpaired) electrons. The van der Waals surface area contributed by atoms with E-state index in [0.717, 1.165) is 0 Å². The van der Waals surface area contributed by atoms with Crippen LogP contribution in [0.15, 0.2) is 35.6 Å². The third-order valence-corrected chi connectivity index (χ3v) is 6.03. The normalized spacial score (nSPS) is 28.3. The Morgan fingerprint density at radius 1 is 1.03 bits per heavy atom. The lowest BCUT2D eigenvalue weighted by atomic mass is 9.65. The van der Waals surface area contributed by atoms with Crippen molar-refractivity contribution >= 4 is 23.5 Å². The Labute approximate surface area is 176 Å². The van der Waals surface area contributed by atoms with E-state index in [1.165, 1.54) is 26.2 Å². The summed E-state index contributed by atoms with van der Waals surface area (Å²) >= 11 is 0. The fourth-order valence-electron chi connectivity index (χ4n) is 4.77. The van der Waals surface area contributed by atoms with Crippen LogP contribution in [0.1, 0.15) is 30.1 Å². The van der Waals surface area contributed by atoms with Gasteiger partial charge in [-0.25, -0.2) is 0 Å². The highest BCUT2D eigenvalue weighted by Gasteiger charge is 2.54. The minimum Gasteiger partial charge on any atom is -0.492 e. The molecule has 1 aromatic rings. The number of rotatable bonds is 3. The first kappa shape index (κ1) is 19.3. The van der Waals surface area contributed by atoms with E-state index >= 15 is 0 Å². The first-order chi connectivity index (χ1) is 14.9. The number of cyclic esters (lactones) is 1. The van der Waals surface area contributed by atoms with E-state index < -0.39 is 47.4 Å². The first-order valence-electron chi connectivity index (χ1n) is 9.72. The van der Waals surface area contributed by atoms with Crippen LogP contribution in [-0.4, -0.2) is 44.0 Å². The zero-order valence-electron chi connectivity index (χ0n) is 16.7. The van der Waals surface area contributed by atoms with Gasteiger partial charge in [0.1, 0.15) is 6.10 Å². The van der Waals surface area contributed by atoms with Crippen molar-refractivity contribution in [2.24, 2.45) is 11.8 Å². The molecule has 31 heavy (non-hydrogen) atoms. The molecule has 1 fully saturated rings. The molecule has 0 N–H and O–H groups in total. The van der Waals surface area contributed by atoms with Crippen LogP contribution in [0.5, 0.6) is 11.5 Å². The summed E-state index contributed by atoms with van der Waals surface area (Å²) in [7, 11) is 1.30. The van der Waals surface area contributed by atoms with Gasteiger partial charge in [-0.05, 0) is 35.4 Å². The monoisotopic (exact) mass is 426 g/mol. The van der Waals surface area contributed by atoms with Crippen LogP contribution in [-0.2, 0) is 33.4 Å². The van der Waals surface area contributed by atoms with Crippen LogP contribution in [0.2, 0.25) is 0 Å². The minimum atomic E-state index is -0.753. The van der Waals surface area contributed by atoms with Crippen molar-refractivity contribution in [3.05, 3.63) is 46.7 Å². The van der Waals surface area contributed by atoms with E-state index in [1.54, 1.807) is 12.1 Å². The van der Waals surface area contributed by atoms with E-state index in [2.05, 4.69) is 0 Å². The van der Waals surface area contributed by atoms with Crippen LogP contribution < -0.4 is 9.47 Å². The summed E-state index contributed by atoms with van der Waals surface area (Å²) in [6.07, 6.45) is 1.96. The number of ether oxygens (including phenoxy) is 5. The Kier molecular flexibility index (Phi) is 4.35. The van der Waals surface area contributed by atoms with Gasteiger partial charge in [-0.1, -0.05) is 0 Å². The third kappa shape index (κ3) is 2.91. The van der Waals surface area contributed by atoms with Gasteiger partial charge in [-0.3, -0.25) is 19.2 Å². The van der Waals surface area contributed by atoms with Gasteiger partial charge in [-0.2, -0.15) is 0 Å². The molecule has 0 amide bonds. The molecule has 9 heteroatoms. The molecule has 160 valence electrons. The molecule has 1 aromatic carbocycles. The lowest BCUT2D eigenvalue weighted by Gasteiger charge is -2.39. The summed E-state index contributed by atoms with van der Waals surface area (Å²) in [5.74, 6) is -3.40. The van der Waals surface area contributed by atoms with E-state index in [0.29, 0.717) is 28.2 Å². The van der Waals surface area contributed by atoms with Crippen molar-refractivity contribution in [1.82, 2.24) is 0 Å². The number of esters is 2. The number of methoxy groups -OCH3 is 1. The molecular formula is C22H18O9. The van der Waals surface area contributed by atoms with Gasteiger partial charge < -0.3 is 23.7 Å². The second kappa shape index (κ2) is 6.97. The minimum absolute atomic E-state index is 0.0411. The van der Waals surface area contributed by atoms with E-state index in [1.807, 2.05) is 0 Å². The van der Waals surface area contributed by atoms with Crippen LogP contribution in [0.4, 0.5) is 0 Å². The lowest BCUT2D eigenvalue weighted by molar-refractivity contribution is -0.152. The quantitative estimate of drug-likeness (QED) is 0.403. The number of carbonyl (C=O) groups excluding carboxylic acids is 4. The number of hydrogen-bond donors (Lipinski definition) is 0. The number of fused-ring (bicyclic) bond motifs is 3. The maximum Gasteiger partial charge on any atom is 0.310 e. The Hall–Kier alpha value is -3.62. The highest BCUT2D eigenvalue weighted by molar-refractivity contribution is 6.47. The molecule has 0 bridgehead atoms. The molecular weight excluding hydrogens is 408 g/mol. The number of benzene rings is 1. The maximum absolute atomic E-state index is 12.8. The van der Waals surface area contributed by atoms with Crippen LogP contribution in [0.25, 0.3) is 0 Å². The molecule has 4 atom stereocenters. The van der Waals surface area contributed by atoms with Crippen molar-refractivity contribution in [2.75, 3.05) is 20.5 Å². The highest BCUT2D eigenvalue weighted by atomic mass is 16.7. The SMILES string of the molecule is COC1=CC([C@@H]2c3cc4c(cc3[C@H](OC(C)=O)[C@@H]3COC(=O)[C@H]32)OCO4)=CC(=O)C1=O. The van der Waals surface area contributed by atoms with Gasteiger partial charge in [0.2, 0.25) is 12.6 Å². The van der Waals surface area contributed by atoms with Gasteiger partial charge in [0, 0.05) is 24.3 Å². The number of hydrogen-bond acceptors (Lipinski definition) is 9. The number of Topliss-reactive ketones (excluding diaryl/α,β-unsaturated/α-hetero) is 1. The smallest absolute Gasteiger partial charge is 0.310 e. The van der Waals surface area contributed by atoms with Gasteiger partial charge in [0.05, 0.1) is 19.6 Å². The summed E-state index contributed by atoms with van der Waals surface area (Å²) < 4.78 is 27.0. The summed E-state index contributed by atoms with van der Waals surface area (Å²) in [5, 5.41) is 0. The predicted molar refractivity (Wildman–Crippen MR) is 101 cm³/mol. The molecule has 2 heterocycles. The number of ketones is 2. The Balaban J connectivity index is 1.72. The average molecular weight is 426 g/mol. The van der Waals surface area contributed by atoms with E-state index in [4.69, 9.17) is 23.7 Å². The molecule has 0 unspecified atom stereocenters. The average Bonchev–Trinajstić information content (AvgIpc) is 3.35. The fourth-order valence-corrected chi connectivity index (χ4v) is 4.77. The van der Waals surface area contributed by atoms with Crippen LogP contribution in [0, 0.1) is 11.8 Å². The second-order valence-electron chi connectivity index (χ2n) is 7.71. The molecule has 0 saturated carbocycles. The van der Waals surface area contributed by atoms with Crippen molar-refractivity contribution in [1.29, 1.82) is 0 Å². The Bertz CT molecular complexity index is 1100. The maximum atomic E-state index is 12.8. The van der Waals surface area contributed by atoms with E-state index in [-0.39, 0.29) is 19.2 Å². The van der Waals surface area contributed by atoms with Crippen LogP contribution in [0.3, 0.4) is 0 Å². The molecule has 1 saturated heterocycles. The second-order valence-corrected chi connectivity index (χ2v) is 7.71. The molecule has 0 spiro atoms. The summed E-state index contributed by atoms with van der Waals surface area (Å²) in [5.41, 5.74) is 1.72. The molecule has 4 aliphatic rings. The summed E-state index contributed by atoms with van der Waals surface area (Å²) in [6, 6.07) is 3.46. The van der Waals surface area contributed by atoms with E-state index in [9.17, 15) is 19.2 Å². The fraction of sp³-hybridized carbons (Fsp3) is 0.364. The molecule has 9 nitrogen and oxygen atoms in total. The van der Waals surface area contributed by atoms with Crippen LogP contribution >= 0.6 is 0 Å². The molecule has 2 aliphatic heterocycles. The van der Waals surface area contributed by atoms with Gasteiger partial charge in [-0.15, -0.1) is 0 Å². The van der Waals surface area contributed by atoms with Crippen molar-refractivity contribution in [3.8, 4) is 11.5 Å². The zero-order chi connectivity index (χ0) is 21.9. The predicted octanol–water partition coefficient (Wildman–Crippen LogP) is 1.51. The number of carbonyl (C=O) groups is 4. The first-order valence-corrected chi connectivity index (χ1v) is 9.72. The van der Waals surface area contributed by atoms with Gasteiger partial charge in [0.15, 0.2) is 17.3 Å². The van der Waals surface area contributed by atoms with Crippen molar-refractivity contribution in [2.45, 2.75) is 18.9 Å². The molecule has 0 aromatic heterocycles. The molecule has 5 rings (SSSR count). The number of allylic oxidation sites excluding steroid dienone is 4. The largest absolute Gasteiger partial charge is 0.492 e. The highest BCUT2D eigenvalue weighted by Crippen LogP contribution is 2.55. The standard InChI is InChI=1S/C22H18O9/c1-9(23)31-21-12-6-16-15(29-8-30-16)5-11(12)18(19-13(21)7-28-22(19)26)10-3-14(24)20(25)17(4-10)27-2/h3-6,13,18-19,21H,7-8H2,1-2H3/t13-,18-,19-,21+/m1/s1. The van der Waals surface area contributed by atoms with Gasteiger partial charge >= 0.3 is 11.9 Å². The zero-order valence-corrected chi connectivity index (χ0v) is 16.7. The van der Waals surface area contributed by atoms with Crippen molar-refractivity contribution < 1.29 is 42.9 Å². The van der Waals surface area contributed by atoms with Crippen molar-refractivity contribution in [3.63, 3.8) is 0 Å².